The number of fused-ring (bicyclic) bond motifs is 4. The third-order valence-corrected chi connectivity index (χ3v) is 7.11. The van der Waals surface area contributed by atoms with Gasteiger partial charge in [0, 0.05) is 6.54 Å². The fourth-order valence-electron chi connectivity index (χ4n) is 5.40. The second-order valence-electron chi connectivity index (χ2n) is 9.04. The summed E-state index contributed by atoms with van der Waals surface area (Å²) >= 11 is 0. The number of rotatable bonds is 5. The molecule has 5 nitrogen and oxygen atoms in total. The van der Waals surface area contributed by atoms with Gasteiger partial charge in [-0.3, -0.25) is 4.90 Å². The van der Waals surface area contributed by atoms with Gasteiger partial charge in [0.25, 0.3) is 0 Å². The van der Waals surface area contributed by atoms with E-state index >= 15 is 0 Å². The topological polar surface area (TPSA) is 50.8 Å². The molecule has 1 N–H and O–H groups in total. The third kappa shape index (κ3) is 4.42. The first-order valence-corrected chi connectivity index (χ1v) is 11.7. The van der Waals surface area contributed by atoms with E-state index in [0.717, 1.165) is 63.1 Å². The first-order chi connectivity index (χ1) is 15.2. The smallest absolute Gasteiger partial charge is 0.407 e. The standard InChI is InChI=1S/C26H32N2O3/c1-2-30-22-10-8-18(9-11-22)21-7-6-19-4-3-5-24(23(19)16-21)27-26(29)31-25-17-28-14-12-20(25)13-15-28/h6-11,16,20,24-25H,2-5,12-15,17H2,1H3,(H,27,29)/t24?,25-/m1/s1. The molecule has 3 heterocycles. The van der Waals surface area contributed by atoms with Gasteiger partial charge in [-0.15, -0.1) is 0 Å². The quantitative estimate of drug-likeness (QED) is 0.744. The summed E-state index contributed by atoms with van der Waals surface area (Å²) in [6, 6.07) is 14.9. The normalized spacial score (nSPS) is 26.7. The molecule has 3 saturated heterocycles. The summed E-state index contributed by atoms with van der Waals surface area (Å²) in [5.74, 6) is 1.42. The fourth-order valence-corrected chi connectivity index (χ4v) is 5.40. The molecule has 1 amide bonds. The molecule has 2 bridgehead atoms. The lowest BCUT2D eigenvalue weighted by atomic mass is 9.85. The highest BCUT2D eigenvalue weighted by atomic mass is 16.6. The Balaban J connectivity index is 1.29. The molecular weight excluding hydrogens is 388 g/mol. The SMILES string of the molecule is CCOc1ccc(-c2ccc3c(c2)C(NC(=O)O[C@@H]2CN4CCC2CC4)CCC3)cc1. The van der Waals surface area contributed by atoms with E-state index in [0.29, 0.717) is 12.5 Å². The largest absolute Gasteiger partial charge is 0.494 e. The lowest BCUT2D eigenvalue weighted by Gasteiger charge is -2.44. The molecule has 164 valence electrons. The van der Waals surface area contributed by atoms with Crippen molar-refractivity contribution in [2.24, 2.45) is 5.92 Å². The van der Waals surface area contributed by atoms with Crippen LogP contribution in [0.5, 0.6) is 5.75 Å². The number of nitrogens with zero attached hydrogens (tertiary/aromatic N) is 1. The molecule has 4 aliphatic rings. The van der Waals surface area contributed by atoms with Gasteiger partial charge >= 0.3 is 6.09 Å². The van der Waals surface area contributed by atoms with E-state index in [4.69, 9.17) is 9.47 Å². The van der Waals surface area contributed by atoms with Gasteiger partial charge in [-0.1, -0.05) is 24.3 Å². The Kier molecular flexibility index (Phi) is 5.86. The van der Waals surface area contributed by atoms with Crippen molar-refractivity contribution in [1.29, 1.82) is 0 Å². The summed E-state index contributed by atoms with van der Waals surface area (Å²) in [5, 5.41) is 3.19. The Labute approximate surface area is 184 Å². The number of piperidine rings is 3. The average Bonchev–Trinajstić information content (AvgIpc) is 2.80. The molecule has 5 heteroatoms. The maximum absolute atomic E-state index is 12.8. The summed E-state index contributed by atoms with van der Waals surface area (Å²) in [6.07, 6.45) is 5.18. The summed E-state index contributed by atoms with van der Waals surface area (Å²) in [6.45, 7) is 5.85. The van der Waals surface area contributed by atoms with Crippen LogP contribution in [0.15, 0.2) is 42.5 Å². The molecule has 2 atom stereocenters. The maximum Gasteiger partial charge on any atom is 0.407 e. The van der Waals surface area contributed by atoms with Crippen molar-refractivity contribution >= 4 is 6.09 Å². The molecule has 2 aromatic rings. The summed E-state index contributed by atoms with van der Waals surface area (Å²) in [4.78, 5) is 15.2. The van der Waals surface area contributed by atoms with Gasteiger partial charge in [0.05, 0.1) is 12.6 Å². The van der Waals surface area contributed by atoms with Crippen LogP contribution in [0.4, 0.5) is 4.79 Å². The summed E-state index contributed by atoms with van der Waals surface area (Å²) in [5.41, 5.74) is 4.88. The Morgan fingerprint density at radius 2 is 1.84 bits per heavy atom. The minimum absolute atomic E-state index is 0.0139. The van der Waals surface area contributed by atoms with Gasteiger partial charge in [0.1, 0.15) is 11.9 Å². The number of amides is 1. The van der Waals surface area contributed by atoms with Gasteiger partial charge in [-0.25, -0.2) is 4.79 Å². The van der Waals surface area contributed by atoms with Crippen LogP contribution < -0.4 is 10.1 Å². The van der Waals surface area contributed by atoms with Gasteiger partial charge < -0.3 is 14.8 Å². The van der Waals surface area contributed by atoms with E-state index < -0.39 is 0 Å². The van der Waals surface area contributed by atoms with E-state index in [9.17, 15) is 4.79 Å². The molecule has 6 rings (SSSR count). The summed E-state index contributed by atoms with van der Waals surface area (Å²) < 4.78 is 11.5. The molecule has 3 aliphatic heterocycles. The molecule has 2 aromatic carbocycles. The van der Waals surface area contributed by atoms with E-state index in [1.165, 1.54) is 16.7 Å². The fraction of sp³-hybridized carbons (Fsp3) is 0.500. The van der Waals surface area contributed by atoms with Gasteiger partial charge in [-0.2, -0.15) is 0 Å². The summed E-state index contributed by atoms with van der Waals surface area (Å²) in [7, 11) is 0. The Hall–Kier alpha value is -2.53. The van der Waals surface area contributed by atoms with Crippen LogP contribution in [0, 0.1) is 5.92 Å². The molecular formula is C26H32N2O3. The average molecular weight is 421 g/mol. The van der Waals surface area contributed by atoms with Crippen molar-refractivity contribution < 1.29 is 14.3 Å². The molecule has 0 aromatic heterocycles. The second-order valence-corrected chi connectivity index (χ2v) is 9.04. The van der Waals surface area contributed by atoms with Crippen molar-refractivity contribution in [2.45, 2.75) is 51.2 Å². The third-order valence-electron chi connectivity index (χ3n) is 7.11. The second kappa shape index (κ2) is 8.91. The van der Waals surface area contributed by atoms with Crippen molar-refractivity contribution in [3.63, 3.8) is 0 Å². The van der Waals surface area contributed by atoms with Crippen LogP contribution in [0.3, 0.4) is 0 Å². The number of benzene rings is 2. The predicted molar refractivity (Wildman–Crippen MR) is 121 cm³/mol. The van der Waals surface area contributed by atoms with E-state index in [1.54, 1.807) is 0 Å². The molecule has 0 spiro atoms. The van der Waals surface area contributed by atoms with Crippen LogP contribution in [0.2, 0.25) is 0 Å². The molecule has 31 heavy (non-hydrogen) atoms. The number of hydrogen-bond donors (Lipinski definition) is 1. The molecule has 3 fully saturated rings. The van der Waals surface area contributed by atoms with Crippen molar-refractivity contribution in [3.8, 4) is 16.9 Å². The Morgan fingerprint density at radius 1 is 1.06 bits per heavy atom. The Morgan fingerprint density at radius 3 is 2.55 bits per heavy atom. The molecule has 0 saturated carbocycles. The van der Waals surface area contributed by atoms with Crippen LogP contribution in [0.25, 0.3) is 11.1 Å². The maximum atomic E-state index is 12.8. The predicted octanol–water partition coefficient (Wildman–Crippen LogP) is 4.95. The van der Waals surface area contributed by atoms with E-state index in [2.05, 4.69) is 40.5 Å². The van der Waals surface area contributed by atoms with Crippen LogP contribution in [-0.4, -0.2) is 43.3 Å². The zero-order valence-electron chi connectivity index (χ0n) is 18.3. The van der Waals surface area contributed by atoms with E-state index in [-0.39, 0.29) is 18.2 Å². The number of alkyl carbamates (subject to hydrolysis) is 1. The highest BCUT2D eigenvalue weighted by Gasteiger charge is 2.37. The molecule has 0 radical (unpaired) electrons. The number of carbonyl (C=O) groups excluding carboxylic acids is 1. The number of ether oxygens (including phenoxy) is 2. The number of carbonyl (C=O) groups is 1. The van der Waals surface area contributed by atoms with E-state index in [1.807, 2.05) is 19.1 Å². The highest BCUT2D eigenvalue weighted by molar-refractivity contribution is 5.70. The van der Waals surface area contributed by atoms with Gasteiger partial charge in [0.15, 0.2) is 0 Å². The lowest BCUT2D eigenvalue weighted by molar-refractivity contribution is -0.0340. The minimum atomic E-state index is -0.261. The molecule has 1 aliphatic carbocycles. The number of aryl methyl sites for hydroxylation is 1. The zero-order chi connectivity index (χ0) is 21.2. The zero-order valence-corrected chi connectivity index (χ0v) is 18.3. The first-order valence-electron chi connectivity index (χ1n) is 11.7. The Bertz CT molecular complexity index is 919. The van der Waals surface area contributed by atoms with Crippen LogP contribution >= 0.6 is 0 Å². The van der Waals surface area contributed by atoms with Gasteiger partial charge in [0.2, 0.25) is 0 Å². The monoisotopic (exact) mass is 420 g/mol. The lowest BCUT2D eigenvalue weighted by Crippen LogP contribution is -2.52. The minimum Gasteiger partial charge on any atom is -0.494 e. The molecule has 1 unspecified atom stereocenters. The first kappa shape index (κ1) is 20.4. The van der Waals surface area contributed by atoms with Crippen molar-refractivity contribution in [2.75, 3.05) is 26.2 Å². The van der Waals surface area contributed by atoms with Crippen molar-refractivity contribution in [1.82, 2.24) is 10.2 Å². The number of hydrogen-bond acceptors (Lipinski definition) is 4. The highest BCUT2D eigenvalue weighted by Crippen LogP contribution is 2.34. The van der Waals surface area contributed by atoms with Crippen LogP contribution in [-0.2, 0) is 11.2 Å². The number of nitrogens with one attached hydrogen (secondary N) is 1. The van der Waals surface area contributed by atoms with Crippen molar-refractivity contribution in [3.05, 3.63) is 53.6 Å². The van der Waals surface area contributed by atoms with Gasteiger partial charge in [-0.05, 0) is 98.5 Å². The van der Waals surface area contributed by atoms with Crippen LogP contribution in [0.1, 0.15) is 49.8 Å².